The van der Waals surface area contributed by atoms with Gasteiger partial charge in [-0.05, 0) is 12.1 Å². The highest BCUT2D eigenvalue weighted by molar-refractivity contribution is 5.95. The van der Waals surface area contributed by atoms with Crippen LogP contribution in [0.4, 0.5) is 11.4 Å². The molecule has 1 heterocycles. The molecule has 2 rings (SSSR count). The standard InChI is InChI=1S/C13H18N4O4/c1-15-13(18)9-2-3-11(17(19)20)12(6-9)16-4-5-21-10(7-14)8-16/h2-3,6,10H,4-5,7-8,14H2,1H3,(H,15,18). The van der Waals surface area contributed by atoms with Crippen molar-refractivity contribution in [3.05, 3.63) is 33.9 Å². The number of nitro groups is 1. The number of nitrogens with two attached hydrogens (primary N) is 1. The highest BCUT2D eigenvalue weighted by atomic mass is 16.6. The quantitative estimate of drug-likeness (QED) is 0.602. The van der Waals surface area contributed by atoms with Crippen molar-refractivity contribution >= 4 is 17.3 Å². The molecule has 1 saturated heterocycles. The molecule has 1 unspecified atom stereocenters. The summed E-state index contributed by atoms with van der Waals surface area (Å²) in [5.74, 6) is -0.283. The molecule has 21 heavy (non-hydrogen) atoms. The Balaban J connectivity index is 2.38. The molecule has 1 amide bonds. The van der Waals surface area contributed by atoms with E-state index < -0.39 is 4.92 Å². The number of nitrogens with zero attached hydrogens (tertiary/aromatic N) is 2. The Morgan fingerprint density at radius 3 is 3.00 bits per heavy atom. The zero-order valence-electron chi connectivity index (χ0n) is 11.7. The van der Waals surface area contributed by atoms with Crippen molar-refractivity contribution in [3.63, 3.8) is 0 Å². The van der Waals surface area contributed by atoms with E-state index in [1.54, 1.807) is 0 Å². The van der Waals surface area contributed by atoms with E-state index in [0.29, 0.717) is 37.5 Å². The number of carbonyl (C=O) groups is 1. The second-order valence-corrected chi connectivity index (χ2v) is 4.71. The number of benzene rings is 1. The molecule has 0 saturated carbocycles. The van der Waals surface area contributed by atoms with Crippen LogP contribution >= 0.6 is 0 Å². The molecule has 1 aromatic carbocycles. The summed E-state index contributed by atoms with van der Waals surface area (Å²) in [6.45, 7) is 1.78. The van der Waals surface area contributed by atoms with E-state index in [1.165, 1.54) is 25.2 Å². The minimum atomic E-state index is -0.449. The van der Waals surface area contributed by atoms with Crippen LogP contribution in [0.1, 0.15) is 10.4 Å². The van der Waals surface area contributed by atoms with Gasteiger partial charge >= 0.3 is 0 Å². The lowest BCUT2D eigenvalue weighted by atomic mass is 10.1. The van der Waals surface area contributed by atoms with Crippen LogP contribution in [0.2, 0.25) is 0 Å². The van der Waals surface area contributed by atoms with Gasteiger partial charge in [-0.2, -0.15) is 0 Å². The molecule has 1 aliphatic rings. The van der Waals surface area contributed by atoms with Crippen molar-refractivity contribution in [1.82, 2.24) is 5.32 Å². The summed E-state index contributed by atoms with van der Waals surface area (Å²) in [5, 5.41) is 13.7. The lowest BCUT2D eigenvalue weighted by Gasteiger charge is -2.33. The van der Waals surface area contributed by atoms with Crippen LogP contribution in [0.15, 0.2) is 18.2 Å². The van der Waals surface area contributed by atoms with Crippen LogP contribution < -0.4 is 16.0 Å². The zero-order valence-corrected chi connectivity index (χ0v) is 11.7. The number of amides is 1. The van der Waals surface area contributed by atoms with Gasteiger partial charge in [0.2, 0.25) is 0 Å². The van der Waals surface area contributed by atoms with Crippen LogP contribution in [-0.2, 0) is 4.74 Å². The minimum absolute atomic E-state index is 0.0275. The normalized spacial score (nSPS) is 18.4. The first-order valence-corrected chi connectivity index (χ1v) is 6.64. The molecule has 1 atom stereocenters. The van der Waals surface area contributed by atoms with Crippen molar-refractivity contribution in [2.45, 2.75) is 6.10 Å². The van der Waals surface area contributed by atoms with E-state index >= 15 is 0 Å². The van der Waals surface area contributed by atoms with Gasteiger partial charge in [0.15, 0.2) is 0 Å². The minimum Gasteiger partial charge on any atom is -0.373 e. The molecular weight excluding hydrogens is 276 g/mol. The summed E-state index contributed by atoms with van der Waals surface area (Å²) in [7, 11) is 1.52. The fraction of sp³-hybridized carbons (Fsp3) is 0.462. The number of hydrogen-bond acceptors (Lipinski definition) is 6. The van der Waals surface area contributed by atoms with Gasteiger partial charge in [-0.1, -0.05) is 0 Å². The van der Waals surface area contributed by atoms with Crippen LogP contribution in [0.5, 0.6) is 0 Å². The zero-order chi connectivity index (χ0) is 15.4. The number of nitro benzene ring substituents is 1. The van der Waals surface area contributed by atoms with Crippen LogP contribution in [0.25, 0.3) is 0 Å². The van der Waals surface area contributed by atoms with Gasteiger partial charge in [-0.15, -0.1) is 0 Å². The smallest absolute Gasteiger partial charge is 0.292 e. The van der Waals surface area contributed by atoms with Crippen LogP contribution in [-0.4, -0.2) is 50.2 Å². The Kier molecular flexibility index (Phi) is 4.71. The summed E-state index contributed by atoms with van der Waals surface area (Å²) < 4.78 is 5.46. The fourth-order valence-corrected chi connectivity index (χ4v) is 2.30. The Morgan fingerprint density at radius 2 is 2.38 bits per heavy atom. The second kappa shape index (κ2) is 6.51. The van der Waals surface area contributed by atoms with Crippen molar-refractivity contribution in [2.24, 2.45) is 5.73 Å². The number of rotatable bonds is 4. The van der Waals surface area contributed by atoms with Crippen LogP contribution in [0, 0.1) is 10.1 Å². The topological polar surface area (TPSA) is 111 Å². The Morgan fingerprint density at radius 1 is 1.62 bits per heavy atom. The van der Waals surface area contributed by atoms with E-state index in [-0.39, 0.29) is 17.7 Å². The highest BCUT2D eigenvalue weighted by Crippen LogP contribution is 2.30. The van der Waals surface area contributed by atoms with Gasteiger partial charge in [0, 0.05) is 38.3 Å². The highest BCUT2D eigenvalue weighted by Gasteiger charge is 2.26. The largest absolute Gasteiger partial charge is 0.373 e. The second-order valence-electron chi connectivity index (χ2n) is 4.71. The third kappa shape index (κ3) is 3.29. The summed E-state index contributed by atoms with van der Waals surface area (Å²) in [5.41, 5.74) is 6.37. The molecular formula is C13H18N4O4. The predicted molar refractivity (Wildman–Crippen MR) is 77.5 cm³/mol. The first kappa shape index (κ1) is 15.2. The molecule has 1 fully saturated rings. The number of carbonyl (C=O) groups excluding carboxylic acids is 1. The first-order valence-electron chi connectivity index (χ1n) is 6.64. The van der Waals surface area contributed by atoms with Gasteiger partial charge in [0.05, 0.1) is 17.6 Å². The number of anilines is 1. The maximum Gasteiger partial charge on any atom is 0.292 e. The Bertz CT molecular complexity index is 549. The fourth-order valence-electron chi connectivity index (χ4n) is 2.30. The first-order chi connectivity index (χ1) is 10.1. The molecule has 0 radical (unpaired) electrons. The lowest BCUT2D eigenvalue weighted by molar-refractivity contribution is -0.384. The van der Waals surface area contributed by atoms with Gasteiger partial charge in [0.1, 0.15) is 5.69 Å². The van der Waals surface area contributed by atoms with E-state index in [1.807, 2.05) is 4.90 Å². The summed E-state index contributed by atoms with van der Waals surface area (Å²) >= 11 is 0. The molecule has 8 nitrogen and oxygen atoms in total. The van der Waals surface area contributed by atoms with E-state index in [2.05, 4.69) is 5.32 Å². The summed E-state index contributed by atoms with van der Waals surface area (Å²) in [6.07, 6.45) is -0.165. The number of nitrogens with one attached hydrogen (secondary N) is 1. The molecule has 0 spiro atoms. The van der Waals surface area contributed by atoms with E-state index in [0.717, 1.165) is 0 Å². The summed E-state index contributed by atoms with van der Waals surface area (Å²) in [6, 6.07) is 4.34. The van der Waals surface area contributed by atoms with Crippen molar-refractivity contribution in [2.75, 3.05) is 38.2 Å². The third-order valence-corrected chi connectivity index (χ3v) is 3.40. The molecule has 1 aromatic rings. The molecule has 0 aromatic heterocycles. The summed E-state index contributed by atoms with van der Waals surface area (Å²) in [4.78, 5) is 24.3. The van der Waals surface area contributed by atoms with Gasteiger partial charge in [-0.3, -0.25) is 14.9 Å². The predicted octanol–water partition coefficient (Wildman–Crippen LogP) is 0.118. The van der Waals surface area contributed by atoms with Gasteiger partial charge < -0.3 is 20.7 Å². The molecule has 114 valence electrons. The Labute approximate surface area is 122 Å². The van der Waals surface area contributed by atoms with E-state index in [4.69, 9.17) is 10.5 Å². The van der Waals surface area contributed by atoms with Gasteiger partial charge in [-0.25, -0.2) is 0 Å². The lowest BCUT2D eigenvalue weighted by Crippen LogP contribution is -2.46. The monoisotopic (exact) mass is 294 g/mol. The van der Waals surface area contributed by atoms with Crippen molar-refractivity contribution < 1.29 is 14.5 Å². The molecule has 8 heteroatoms. The molecule has 3 N–H and O–H groups in total. The average molecular weight is 294 g/mol. The third-order valence-electron chi connectivity index (χ3n) is 3.40. The Hall–Kier alpha value is -2.19. The van der Waals surface area contributed by atoms with Crippen molar-refractivity contribution in [1.29, 1.82) is 0 Å². The number of hydrogen-bond donors (Lipinski definition) is 2. The number of ether oxygens (including phenoxy) is 1. The average Bonchev–Trinajstić information content (AvgIpc) is 2.53. The van der Waals surface area contributed by atoms with Gasteiger partial charge in [0.25, 0.3) is 11.6 Å². The van der Waals surface area contributed by atoms with Crippen LogP contribution in [0.3, 0.4) is 0 Å². The van der Waals surface area contributed by atoms with Crippen molar-refractivity contribution in [3.8, 4) is 0 Å². The maximum absolute atomic E-state index is 11.7. The molecule has 0 bridgehead atoms. The maximum atomic E-state index is 11.7. The molecule has 0 aliphatic carbocycles. The van der Waals surface area contributed by atoms with E-state index in [9.17, 15) is 14.9 Å². The number of morpholine rings is 1. The SMILES string of the molecule is CNC(=O)c1ccc([N+](=O)[O-])c(N2CCOC(CN)C2)c1. The molecule has 1 aliphatic heterocycles.